The molecule has 5 rings (SSSR count). The molecule has 3 aromatic carbocycles. The number of hydrogen-bond donors (Lipinski definition) is 0. The molecule has 6 heteroatoms. The molecule has 0 N–H and O–H groups in total. The summed E-state index contributed by atoms with van der Waals surface area (Å²) in [6, 6.07) is 31.7. The van der Waals surface area contributed by atoms with E-state index < -0.39 is 0 Å². The van der Waals surface area contributed by atoms with Gasteiger partial charge in [-0.25, -0.2) is 0 Å². The van der Waals surface area contributed by atoms with Gasteiger partial charge in [-0.15, -0.1) is 0 Å². The van der Waals surface area contributed by atoms with E-state index in [4.69, 9.17) is 0 Å². The quantitative estimate of drug-likeness (QED) is 0.261. The summed E-state index contributed by atoms with van der Waals surface area (Å²) in [5.41, 5.74) is 9.20. The van der Waals surface area contributed by atoms with Crippen molar-refractivity contribution in [3.05, 3.63) is 116 Å². The summed E-state index contributed by atoms with van der Waals surface area (Å²) >= 11 is 0. The molecular weight excluding hydrogens is 564 g/mol. The van der Waals surface area contributed by atoms with E-state index in [0.29, 0.717) is 90.8 Å². The molecule has 0 heterocycles. The minimum Gasteiger partial charge on any atom is -0.193 e. The molecule has 218 valence electrons. The molecule has 0 spiro atoms. The van der Waals surface area contributed by atoms with Gasteiger partial charge >= 0.3 is 0 Å². The molecule has 6 nitrogen and oxygen atoms in total. The van der Waals surface area contributed by atoms with Crippen LogP contribution in [0.3, 0.4) is 0 Å². The third-order valence-electron chi connectivity index (χ3n) is 8.14. The average Bonchev–Trinajstić information content (AvgIpc) is 3.57. The first-order valence-corrected chi connectivity index (χ1v) is 15.0. The van der Waals surface area contributed by atoms with Crippen LogP contribution in [0.2, 0.25) is 0 Å². The summed E-state index contributed by atoms with van der Waals surface area (Å²) in [6.07, 6.45) is 1.00. The van der Waals surface area contributed by atoms with Crippen LogP contribution in [-0.4, -0.2) is 0 Å². The highest BCUT2D eigenvalue weighted by atomic mass is 14.4. The van der Waals surface area contributed by atoms with E-state index in [0.717, 1.165) is 11.1 Å². The van der Waals surface area contributed by atoms with Crippen molar-refractivity contribution in [3.8, 4) is 36.4 Å². The molecule has 46 heavy (non-hydrogen) atoms. The predicted molar refractivity (Wildman–Crippen MR) is 178 cm³/mol. The van der Waals surface area contributed by atoms with E-state index in [9.17, 15) is 31.6 Å². The summed E-state index contributed by atoms with van der Waals surface area (Å²) in [5.74, 6) is 0.360. The molecule has 0 aliphatic heterocycles. The molecule has 0 saturated carbocycles. The number of benzene rings is 3. The van der Waals surface area contributed by atoms with Gasteiger partial charge in [0.15, 0.2) is 0 Å². The Labute approximate surface area is 269 Å². The Morgan fingerprint density at radius 2 is 0.935 bits per heavy atom. The topological polar surface area (TPSA) is 143 Å². The number of nitrogens with zero attached hydrogens (tertiary/aromatic N) is 6. The van der Waals surface area contributed by atoms with Crippen molar-refractivity contribution >= 4 is 33.4 Å². The smallest absolute Gasteiger partial charge is 0.100 e. The zero-order chi connectivity index (χ0) is 33.1. The first-order chi connectivity index (χ1) is 22.2. The second kappa shape index (κ2) is 12.7. The molecule has 3 aromatic rings. The third-order valence-corrected chi connectivity index (χ3v) is 8.14. The third kappa shape index (κ3) is 5.27. The zero-order valence-corrected chi connectivity index (χ0v) is 26.0. The van der Waals surface area contributed by atoms with Gasteiger partial charge < -0.3 is 0 Å². The maximum atomic E-state index is 10.5. The molecular formula is C40H28N6. The van der Waals surface area contributed by atoms with Crippen LogP contribution in [0.5, 0.6) is 0 Å². The number of rotatable bonds is 6. The second-order valence-electron chi connectivity index (χ2n) is 12.2. The van der Waals surface area contributed by atoms with Crippen LogP contribution in [0.1, 0.15) is 85.0 Å². The molecule has 0 radical (unpaired) electrons. The van der Waals surface area contributed by atoms with E-state index in [1.165, 1.54) is 0 Å². The van der Waals surface area contributed by atoms with E-state index in [-0.39, 0.29) is 11.8 Å². The normalized spacial score (nSPS) is 15.3. The lowest BCUT2D eigenvalue weighted by molar-refractivity contribution is 0.652. The summed E-state index contributed by atoms with van der Waals surface area (Å²) in [6.45, 7) is 8.13. The first-order valence-electron chi connectivity index (χ1n) is 15.0. The molecule has 2 aliphatic carbocycles. The fourth-order valence-corrected chi connectivity index (χ4v) is 6.36. The molecule has 0 saturated heterocycles. The zero-order valence-electron chi connectivity index (χ0n) is 26.0. The van der Waals surface area contributed by atoms with E-state index in [2.05, 4.69) is 36.4 Å². The number of fused-ring (bicyclic) bond motifs is 2. The predicted octanol–water partition coefficient (Wildman–Crippen LogP) is 8.97. The van der Waals surface area contributed by atoms with Gasteiger partial charge in [0.2, 0.25) is 0 Å². The highest BCUT2D eigenvalue weighted by Gasteiger charge is 2.33. The van der Waals surface area contributed by atoms with Gasteiger partial charge in [0.05, 0.1) is 46.5 Å². The van der Waals surface area contributed by atoms with Crippen molar-refractivity contribution in [3.63, 3.8) is 0 Å². The summed E-state index contributed by atoms with van der Waals surface area (Å²) in [4.78, 5) is 0. The van der Waals surface area contributed by atoms with Gasteiger partial charge in [0, 0.05) is 44.6 Å². The average molecular weight is 593 g/mol. The fraction of sp³-hybridized carbons (Fsp3) is 0.200. The maximum absolute atomic E-state index is 10.5. The SMILES string of the molecule is CC(C)C/C(C#N)=C1\C(c2cccc(C3=C(C#N)c4cc(C#N)ccc4/C3=C(\C#N)CC(C)C)c2)=C(C#N)c2cc(C#N)ccc21. The van der Waals surface area contributed by atoms with Crippen LogP contribution in [0.25, 0.3) is 33.4 Å². The van der Waals surface area contributed by atoms with Gasteiger partial charge in [0.1, 0.15) is 12.1 Å². The van der Waals surface area contributed by atoms with Gasteiger partial charge in [-0.3, -0.25) is 0 Å². The molecule has 0 amide bonds. The monoisotopic (exact) mass is 592 g/mol. The Kier molecular flexibility index (Phi) is 8.53. The summed E-state index contributed by atoms with van der Waals surface area (Å²) in [5, 5.41) is 60.9. The molecule has 0 fully saturated rings. The highest BCUT2D eigenvalue weighted by Crippen LogP contribution is 2.52. The summed E-state index contributed by atoms with van der Waals surface area (Å²) < 4.78 is 0. The maximum Gasteiger partial charge on any atom is 0.100 e. The van der Waals surface area contributed by atoms with Crippen molar-refractivity contribution in [1.29, 1.82) is 31.6 Å². The van der Waals surface area contributed by atoms with E-state index >= 15 is 0 Å². The largest absolute Gasteiger partial charge is 0.193 e. The van der Waals surface area contributed by atoms with Gasteiger partial charge in [-0.2, -0.15) is 31.6 Å². The lowest BCUT2D eigenvalue weighted by Gasteiger charge is -2.16. The Morgan fingerprint density at radius 1 is 0.522 bits per heavy atom. The van der Waals surface area contributed by atoms with Crippen LogP contribution < -0.4 is 0 Å². The standard InChI is InChI=1S/C40H28N6/c1-23(2)12-29(19-43)39-31-10-8-25(17-41)14-33(31)35(21-45)37(39)27-6-5-7-28(16-27)38-36(22-46)34-15-26(18-42)9-11-32(34)40(38)30(20-44)13-24(3)4/h5-11,14-16,23-24H,12-13H2,1-4H3/b39-29+,40-30+. The Hall–Kier alpha value is -6.44. The number of allylic oxidation sites excluding steroid dienone is 8. The van der Waals surface area contributed by atoms with Gasteiger partial charge in [-0.1, -0.05) is 58.0 Å². The minimum atomic E-state index is 0.180. The van der Waals surface area contributed by atoms with E-state index in [1.54, 1.807) is 36.4 Å². The van der Waals surface area contributed by atoms with Crippen molar-refractivity contribution in [2.24, 2.45) is 11.8 Å². The molecule has 0 atom stereocenters. The Balaban J connectivity index is 1.85. The Morgan fingerprint density at radius 3 is 1.26 bits per heavy atom. The number of nitriles is 6. The number of hydrogen-bond acceptors (Lipinski definition) is 6. The first kappa shape index (κ1) is 31.0. The van der Waals surface area contributed by atoms with Crippen molar-refractivity contribution in [2.45, 2.75) is 40.5 Å². The Bertz CT molecular complexity index is 2060. The van der Waals surface area contributed by atoms with Crippen LogP contribution >= 0.6 is 0 Å². The lowest BCUT2D eigenvalue weighted by Crippen LogP contribution is -1.98. The van der Waals surface area contributed by atoms with Gasteiger partial charge in [-0.05, 0) is 77.3 Å². The fourth-order valence-electron chi connectivity index (χ4n) is 6.36. The molecule has 2 aliphatic rings. The van der Waals surface area contributed by atoms with Crippen molar-refractivity contribution in [1.82, 2.24) is 0 Å². The van der Waals surface area contributed by atoms with Crippen molar-refractivity contribution < 1.29 is 0 Å². The van der Waals surface area contributed by atoms with Crippen LogP contribution in [-0.2, 0) is 0 Å². The second-order valence-corrected chi connectivity index (χ2v) is 12.2. The summed E-state index contributed by atoms with van der Waals surface area (Å²) in [7, 11) is 0. The van der Waals surface area contributed by atoms with Crippen LogP contribution in [0, 0.1) is 79.8 Å². The molecule has 0 unspecified atom stereocenters. The molecule has 0 bridgehead atoms. The minimum absolute atomic E-state index is 0.180. The van der Waals surface area contributed by atoms with E-state index in [1.807, 2.05) is 52.0 Å². The molecule has 0 aromatic heterocycles. The van der Waals surface area contributed by atoms with Gasteiger partial charge in [0.25, 0.3) is 0 Å². The lowest BCUT2D eigenvalue weighted by atomic mass is 9.86. The van der Waals surface area contributed by atoms with Crippen molar-refractivity contribution in [2.75, 3.05) is 0 Å². The van der Waals surface area contributed by atoms with Crippen LogP contribution in [0.4, 0.5) is 0 Å². The van der Waals surface area contributed by atoms with Crippen LogP contribution in [0.15, 0.2) is 71.8 Å². The highest BCUT2D eigenvalue weighted by molar-refractivity contribution is 6.27.